The maximum Gasteiger partial charge on any atom is 0.251 e. The van der Waals surface area contributed by atoms with Crippen LogP contribution in [0.5, 0.6) is 0 Å². The first-order valence-electron chi connectivity index (χ1n) is 3.92. The predicted molar refractivity (Wildman–Crippen MR) is 43.8 cm³/mol. The summed E-state index contributed by atoms with van der Waals surface area (Å²) in [4.78, 5) is 11.2. The Morgan fingerprint density at radius 3 is 3.08 bits per heavy atom. The third kappa shape index (κ3) is 2.64. The van der Waals surface area contributed by atoms with Gasteiger partial charge >= 0.3 is 0 Å². The number of carbonyl (C=O) groups excluding carboxylic acids is 1. The number of amides is 1. The summed E-state index contributed by atoms with van der Waals surface area (Å²) in [5, 5.41) is 2.64. The molecule has 0 aromatic carbocycles. The lowest BCUT2D eigenvalue weighted by Crippen LogP contribution is -2.42. The lowest BCUT2D eigenvalue weighted by molar-refractivity contribution is -0.147. The van der Waals surface area contributed by atoms with Crippen LogP contribution >= 0.6 is 0 Å². The second-order valence-electron chi connectivity index (χ2n) is 2.47. The summed E-state index contributed by atoms with van der Waals surface area (Å²) in [5.74, 6) is -0.130. The first-order valence-corrected chi connectivity index (χ1v) is 3.92. The van der Waals surface area contributed by atoms with Crippen molar-refractivity contribution in [2.45, 2.75) is 6.10 Å². The van der Waals surface area contributed by atoms with E-state index in [1.165, 1.54) is 0 Å². The number of hydrogen-bond acceptors (Lipinski definition) is 3. The largest absolute Gasteiger partial charge is 0.376 e. The van der Waals surface area contributed by atoms with Crippen LogP contribution in [-0.4, -0.2) is 38.4 Å². The van der Waals surface area contributed by atoms with Crippen LogP contribution in [0.1, 0.15) is 0 Å². The van der Waals surface area contributed by atoms with Crippen LogP contribution in [0.25, 0.3) is 0 Å². The van der Waals surface area contributed by atoms with Crippen molar-refractivity contribution in [2.75, 3.05) is 26.4 Å². The molecule has 0 saturated carbocycles. The van der Waals surface area contributed by atoms with E-state index < -0.39 is 6.10 Å². The zero-order chi connectivity index (χ0) is 8.81. The molecule has 1 saturated heterocycles. The zero-order valence-electron chi connectivity index (χ0n) is 6.91. The lowest BCUT2D eigenvalue weighted by Gasteiger charge is -2.21. The summed E-state index contributed by atoms with van der Waals surface area (Å²) in [7, 11) is 0. The van der Waals surface area contributed by atoms with E-state index in [1.54, 1.807) is 6.08 Å². The van der Waals surface area contributed by atoms with E-state index >= 15 is 0 Å². The fraction of sp³-hybridized carbons (Fsp3) is 0.625. The van der Waals surface area contributed by atoms with Crippen molar-refractivity contribution < 1.29 is 14.3 Å². The Hall–Kier alpha value is -0.870. The van der Waals surface area contributed by atoms with E-state index in [-0.39, 0.29) is 5.91 Å². The average molecular weight is 171 g/mol. The van der Waals surface area contributed by atoms with Gasteiger partial charge < -0.3 is 14.8 Å². The minimum Gasteiger partial charge on any atom is -0.376 e. The second-order valence-corrected chi connectivity index (χ2v) is 2.47. The van der Waals surface area contributed by atoms with Crippen LogP contribution in [0, 0.1) is 0 Å². The van der Waals surface area contributed by atoms with Crippen LogP contribution in [-0.2, 0) is 14.3 Å². The molecular weight excluding hydrogens is 158 g/mol. The van der Waals surface area contributed by atoms with E-state index in [0.717, 1.165) is 0 Å². The summed E-state index contributed by atoms with van der Waals surface area (Å²) >= 11 is 0. The molecule has 0 aromatic heterocycles. The molecule has 0 bridgehead atoms. The maximum atomic E-state index is 11.2. The lowest BCUT2D eigenvalue weighted by atomic mass is 10.3. The molecule has 1 unspecified atom stereocenters. The van der Waals surface area contributed by atoms with Crippen LogP contribution in [0.2, 0.25) is 0 Å². The molecule has 0 spiro atoms. The van der Waals surface area contributed by atoms with Gasteiger partial charge in [0.05, 0.1) is 19.8 Å². The Morgan fingerprint density at radius 2 is 2.50 bits per heavy atom. The molecule has 1 amide bonds. The molecule has 4 nitrogen and oxygen atoms in total. The van der Waals surface area contributed by atoms with E-state index in [0.29, 0.717) is 26.4 Å². The van der Waals surface area contributed by atoms with Gasteiger partial charge in [-0.15, -0.1) is 6.58 Å². The Balaban J connectivity index is 2.24. The van der Waals surface area contributed by atoms with Crippen LogP contribution < -0.4 is 5.32 Å². The Kier molecular flexibility index (Phi) is 3.76. The molecular formula is C8H13NO3. The standard InChI is InChI=1S/C8H13NO3/c1-2-3-9-8(10)7-6-11-4-5-12-7/h2,7H,1,3-6H2,(H,9,10). The molecule has 68 valence electrons. The van der Waals surface area contributed by atoms with Gasteiger partial charge in [-0.1, -0.05) is 6.08 Å². The Bertz CT molecular complexity index is 164. The third-order valence-corrected chi connectivity index (χ3v) is 1.53. The highest BCUT2D eigenvalue weighted by Gasteiger charge is 2.21. The molecule has 0 aliphatic carbocycles. The number of rotatable bonds is 3. The first kappa shape index (κ1) is 9.22. The van der Waals surface area contributed by atoms with Gasteiger partial charge in [0.25, 0.3) is 5.91 Å². The molecule has 1 rings (SSSR count). The Labute approximate surface area is 71.5 Å². The highest BCUT2D eigenvalue weighted by atomic mass is 16.6. The van der Waals surface area contributed by atoms with Gasteiger partial charge in [-0.2, -0.15) is 0 Å². The van der Waals surface area contributed by atoms with Crippen molar-refractivity contribution >= 4 is 5.91 Å². The van der Waals surface area contributed by atoms with Crippen molar-refractivity contribution in [3.8, 4) is 0 Å². The molecule has 0 radical (unpaired) electrons. The average Bonchev–Trinajstić information content (AvgIpc) is 2.15. The van der Waals surface area contributed by atoms with Crippen LogP contribution in [0.3, 0.4) is 0 Å². The molecule has 12 heavy (non-hydrogen) atoms. The SMILES string of the molecule is C=CCNC(=O)C1COCCO1. The first-order chi connectivity index (χ1) is 5.84. The summed E-state index contributed by atoms with van der Waals surface area (Å²) in [6.45, 7) is 5.38. The van der Waals surface area contributed by atoms with Crippen LogP contribution in [0.15, 0.2) is 12.7 Å². The molecule has 1 atom stereocenters. The smallest absolute Gasteiger partial charge is 0.251 e. The highest BCUT2D eigenvalue weighted by Crippen LogP contribution is 1.99. The zero-order valence-corrected chi connectivity index (χ0v) is 6.91. The molecule has 1 fully saturated rings. The molecule has 1 aliphatic rings. The minimum absolute atomic E-state index is 0.130. The molecule has 4 heteroatoms. The van der Waals surface area contributed by atoms with E-state index in [9.17, 15) is 4.79 Å². The van der Waals surface area contributed by atoms with Gasteiger partial charge in [0, 0.05) is 6.54 Å². The van der Waals surface area contributed by atoms with E-state index in [4.69, 9.17) is 9.47 Å². The van der Waals surface area contributed by atoms with Gasteiger partial charge in [0.1, 0.15) is 0 Å². The molecule has 1 aliphatic heterocycles. The molecule has 1 N–H and O–H groups in total. The summed E-state index contributed by atoms with van der Waals surface area (Å²) in [6.07, 6.45) is 1.18. The van der Waals surface area contributed by atoms with Gasteiger partial charge in [0.15, 0.2) is 6.10 Å². The topological polar surface area (TPSA) is 47.6 Å². The van der Waals surface area contributed by atoms with Gasteiger partial charge in [0.2, 0.25) is 0 Å². The highest BCUT2D eigenvalue weighted by molar-refractivity contribution is 5.81. The number of hydrogen-bond donors (Lipinski definition) is 1. The van der Waals surface area contributed by atoms with Gasteiger partial charge in [-0.05, 0) is 0 Å². The number of nitrogens with one attached hydrogen (secondary N) is 1. The summed E-state index contributed by atoms with van der Waals surface area (Å²) in [5.41, 5.74) is 0. The number of ether oxygens (including phenoxy) is 2. The monoisotopic (exact) mass is 171 g/mol. The van der Waals surface area contributed by atoms with Crippen molar-refractivity contribution in [3.05, 3.63) is 12.7 Å². The van der Waals surface area contributed by atoms with Crippen LogP contribution in [0.4, 0.5) is 0 Å². The van der Waals surface area contributed by atoms with Crippen molar-refractivity contribution in [2.24, 2.45) is 0 Å². The fourth-order valence-corrected chi connectivity index (χ4v) is 0.926. The van der Waals surface area contributed by atoms with Gasteiger partial charge in [-0.25, -0.2) is 0 Å². The van der Waals surface area contributed by atoms with Gasteiger partial charge in [-0.3, -0.25) is 4.79 Å². The quantitative estimate of drug-likeness (QED) is 0.593. The van der Waals surface area contributed by atoms with E-state index in [1.807, 2.05) is 0 Å². The Morgan fingerprint density at radius 1 is 1.67 bits per heavy atom. The van der Waals surface area contributed by atoms with Crippen molar-refractivity contribution in [1.82, 2.24) is 5.32 Å². The maximum absolute atomic E-state index is 11.2. The summed E-state index contributed by atoms with van der Waals surface area (Å²) < 4.78 is 10.2. The van der Waals surface area contributed by atoms with E-state index in [2.05, 4.69) is 11.9 Å². The minimum atomic E-state index is -0.446. The summed E-state index contributed by atoms with van der Waals surface area (Å²) in [6, 6.07) is 0. The molecule has 0 aromatic rings. The predicted octanol–water partition coefficient (Wildman–Crippen LogP) is -0.296. The second kappa shape index (κ2) is 4.90. The van der Waals surface area contributed by atoms with Crippen molar-refractivity contribution in [3.63, 3.8) is 0 Å². The normalized spacial score (nSPS) is 23.2. The van der Waals surface area contributed by atoms with Crippen molar-refractivity contribution in [1.29, 1.82) is 0 Å². The third-order valence-electron chi connectivity index (χ3n) is 1.53. The fourth-order valence-electron chi connectivity index (χ4n) is 0.926. The number of carbonyl (C=O) groups is 1. The molecule has 1 heterocycles.